The highest BCUT2D eigenvalue weighted by molar-refractivity contribution is 6.00. The van der Waals surface area contributed by atoms with E-state index in [0.29, 0.717) is 5.82 Å². The van der Waals surface area contributed by atoms with Crippen molar-refractivity contribution in [3.8, 4) is 17.0 Å². The average Bonchev–Trinajstić information content (AvgIpc) is 2.51. The molecule has 4 nitrogen and oxygen atoms in total. The van der Waals surface area contributed by atoms with Crippen molar-refractivity contribution in [1.29, 1.82) is 0 Å². The van der Waals surface area contributed by atoms with Gasteiger partial charge in [0.25, 0.3) is 0 Å². The minimum Gasteiger partial charge on any atom is -0.496 e. The molecule has 4 heteroatoms. The Morgan fingerprint density at radius 1 is 0.952 bits per heavy atom. The number of aromatic nitrogens is 2. The van der Waals surface area contributed by atoms with Crippen LogP contribution in [0.2, 0.25) is 0 Å². The van der Waals surface area contributed by atoms with Crippen LogP contribution in [0.4, 0.5) is 5.82 Å². The number of nitrogen functional groups attached to an aromatic ring is 1. The third kappa shape index (κ3) is 2.09. The highest BCUT2D eigenvalue weighted by Crippen LogP contribution is 2.37. The molecule has 0 aliphatic heterocycles. The van der Waals surface area contributed by atoms with Gasteiger partial charge in [0.15, 0.2) is 5.82 Å². The van der Waals surface area contributed by atoms with Gasteiger partial charge in [0, 0.05) is 16.3 Å². The Labute approximate surface area is 123 Å². The number of anilines is 1. The molecule has 0 spiro atoms. The number of rotatable bonds is 2. The van der Waals surface area contributed by atoms with Gasteiger partial charge in [0.2, 0.25) is 0 Å². The third-order valence-electron chi connectivity index (χ3n) is 3.85. The highest BCUT2D eigenvalue weighted by atomic mass is 16.5. The summed E-state index contributed by atoms with van der Waals surface area (Å²) in [6.45, 7) is 4.11. The zero-order chi connectivity index (χ0) is 15.0. The van der Waals surface area contributed by atoms with Gasteiger partial charge < -0.3 is 10.5 Å². The second-order valence-corrected chi connectivity index (χ2v) is 5.07. The lowest BCUT2D eigenvalue weighted by Gasteiger charge is -2.14. The number of fused-ring (bicyclic) bond motifs is 1. The molecule has 1 heterocycles. The number of ether oxygens (including phenoxy) is 1. The first-order chi connectivity index (χ1) is 10.1. The maximum absolute atomic E-state index is 5.92. The minimum absolute atomic E-state index is 0.442. The molecule has 0 bridgehead atoms. The van der Waals surface area contributed by atoms with E-state index < -0.39 is 0 Å². The fourth-order valence-corrected chi connectivity index (χ4v) is 2.56. The van der Waals surface area contributed by atoms with Gasteiger partial charge in [0.05, 0.1) is 7.11 Å². The van der Waals surface area contributed by atoms with E-state index in [4.69, 9.17) is 10.5 Å². The molecule has 0 unspecified atom stereocenters. The van der Waals surface area contributed by atoms with Crippen molar-refractivity contribution >= 4 is 16.6 Å². The van der Waals surface area contributed by atoms with E-state index in [2.05, 4.69) is 23.2 Å². The lowest BCUT2D eigenvalue weighted by Crippen LogP contribution is -2.00. The van der Waals surface area contributed by atoms with Gasteiger partial charge >= 0.3 is 0 Å². The molecule has 0 saturated heterocycles. The van der Waals surface area contributed by atoms with Crippen molar-refractivity contribution in [1.82, 2.24) is 10.2 Å². The van der Waals surface area contributed by atoms with E-state index in [0.717, 1.165) is 33.3 Å². The number of benzene rings is 2. The van der Waals surface area contributed by atoms with Crippen molar-refractivity contribution in [3.63, 3.8) is 0 Å². The standard InChI is InChI=1S/C17H17N3O/c1-10-8-9-14(16(21-3)11(10)2)15-12-6-4-5-7-13(12)17(18)20-19-15/h4-9H,1-3H3,(H2,18,20). The third-order valence-corrected chi connectivity index (χ3v) is 3.85. The SMILES string of the molecule is COc1c(-c2nnc(N)c3ccccc23)ccc(C)c1C. The zero-order valence-electron chi connectivity index (χ0n) is 12.3. The summed E-state index contributed by atoms with van der Waals surface area (Å²) in [5.41, 5.74) is 9.94. The molecule has 0 aliphatic rings. The van der Waals surface area contributed by atoms with Crippen molar-refractivity contribution < 1.29 is 4.74 Å². The van der Waals surface area contributed by atoms with Crippen molar-refractivity contribution in [2.75, 3.05) is 12.8 Å². The Morgan fingerprint density at radius 2 is 1.67 bits per heavy atom. The Bertz CT molecular complexity index is 828. The summed E-state index contributed by atoms with van der Waals surface area (Å²) in [6.07, 6.45) is 0. The fraction of sp³-hybridized carbons (Fsp3) is 0.176. The molecule has 3 aromatic rings. The maximum atomic E-state index is 5.92. The molecule has 0 atom stereocenters. The van der Waals surface area contributed by atoms with Crippen LogP contribution in [-0.2, 0) is 0 Å². The van der Waals surface area contributed by atoms with Gasteiger partial charge in [-0.3, -0.25) is 0 Å². The lowest BCUT2D eigenvalue weighted by atomic mass is 9.99. The Morgan fingerprint density at radius 3 is 2.38 bits per heavy atom. The van der Waals surface area contributed by atoms with Crippen molar-refractivity contribution in [2.45, 2.75) is 13.8 Å². The molecule has 2 aromatic carbocycles. The first-order valence-corrected chi connectivity index (χ1v) is 6.79. The van der Waals surface area contributed by atoms with Crippen LogP contribution in [0.3, 0.4) is 0 Å². The van der Waals surface area contributed by atoms with E-state index in [1.807, 2.05) is 37.3 Å². The van der Waals surface area contributed by atoms with E-state index in [1.54, 1.807) is 7.11 Å². The smallest absolute Gasteiger partial charge is 0.154 e. The predicted octanol–water partition coefficient (Wildman–Crippen LogP) is 3.50. The highest BCUT2D eigenvalue weighted by Gasteiger charge is 2.15. The Balaban J connectivity index is 2.37. The summed E-state index contributed by atoms with van der Waals surface area (Å²) in [5, 5.41) is 10.3. The number of hydrogen-bond donors (Lipinski definition) is 1. The van der Waals surface area contributed by atoms with Crippen molar-refractivity contribution in [2.24, 2.45) is 0 Å². The molecule has 0 aliphatic carbocycles. The van der Waals surface area contributed by atoms with E-state index in [-0.39, 0.29) is 0 Å². The van der Waals surface area contributed by atoms with Crippen LogP contribution in [0.5, 0.6) is 5.75 Å². The van der Waals surface area contributed by atoms with Crippen LogP contribution in [0.1, 0.15) is 11.1 Å². The molecule has 0 saturated carbocycles. The summed E-state index contributed by atoms with van der Waals surface area (Å²) in [4.78, 5) is 0. The summed E-state index contributed by atoms with van der Waals surface area (Å²) < 4.78 is 5.59. The van der Waals surface area contributed by atoms with Crippen LogP contribution >= 0.6 is 0 Å². The first-order valence-electron chi connectivity index (χ1n) is 6.79. The molecule has 0 radical (unpaired) electrons. The van der Waals surface area contributed by atoms with E-state index in [9.17, 15) is 0 Å². The topological polar surface area (TPSA) is 61.0 Å². The summed E-state index contributed by atoms with van der Waals surface area (Å²) >= 11 is 0. The van der Waals surface area contributed by atoms with Crippen LogP contribution in [0, 0.1) is 13.8 Å². The fourth-order valence-electron chi connectivity index (χ4n) is 2.56. The second kappa shape index (κ2) is 5.05. The molecule has 106 valence electrons. The second-order valence-electron chi connectivity index (χ2n) is 5.07. The largest absolute Gasteiger partial charge is 0.496 e. The quantitative estimate of drug-likeness (QED) is 0.780. The Hall–Kier alpha value is -2.62. The molecular weight excluding hydrogens is 262 g/mol. The number of hydrogen-bond acceptors (Lipinski definition) is 4. The molecular formula is C17H17N3O. The maximum Gasteiger partial charge on any atom is 0.154 e. The van der Waals surface area contributed by atoms with Crippen LogP contribution in [-0.4, -0.2) is 17.3 Å². The van der Waals surface area contributed by atoms with Gasteiger partial charge in [-0.1, -0.05) is 30.3 Å². The van der Waals surface area contributed by atoms with Crippen LogP contribution in [0.15, 0.2) is 36.4 Å². The molecule has 1 aromatic heterocycles. The summed E-state index contributed by atoms with van der Waals surface area (Å²) in [7, 11) is 1.68. The predicted molar refractivity (Wildman–Crippen MR) is 85.4 cm³/mol. The molecule has 21 heavy (non-hydrogen) atoms. The number of nitrogens with two attached hydrogens (primary N) is 1. The number of methoxy groups -OCH3 is 1. The monoisotopic (exact) mass is 279 g/mol. The van der Waals surface area contributed by atoms with Gasteiger partial charge in [-0.15, -0.1) is 10.2 Å². The van der Waals surface area contributed by atoms with Gasteiger partial charge in [-0.2, -0.15) is 0 Å². The summed E-state index contributed by atoms with van der Waals surface area (Å²) in [6, 6.07) is 12.0. The zero-order valence-corrected chi connectivity index (χ0v) is 12.3. The summed E-state index contributed by atoms with van der Waals surface area (Å²) in [5.74, 6) is 1.27. The van der Waals surface area contributed by atoms with Gasteiger partial charge in [0.1, 0.15) is 11.4 Å². The molecule has 3 rings (SSSR count). The van der Waals surface area contributed by atoms with E-state index in [1.165, 1.54) is 5.56 Å². The first kappa shape index (κ1) is 13.4. The average molecular weight is 279 g/mol. The van der Waals surface area contributed by atoms with Gasteiger partial charge in [-0.25, -0.2) is 0 Å². The van der Waals surface area contributed by atoms with Crippen molar-refractivity contribution in [3.05, 3.63) is 47.5 Å². The molecule has 2 N–H and O–H groups in total. The van der Waals surface area contributed by atoms with Gasteiger partial charge in [-0.05, 0) is 31.0 Å². The Kier molecular flexibility index (Phi) is 3.22. The van der Waals surface area contributed by atoms with Crippen LogP contribution in [0.25, 0.3) is 22.0 Å². The van der Waals surface area contributed by atoms with E-state index >= 15 is 0 Å². The number of nitrogens with zero attached hydrogens (tertiary/aromatic N) is 2. The number of aryl methyl sites for hydroxylation is 1. The lowest BCUT2D eigenvalue weighted by molar-refractivity contribution is 0.413. The van der Waals surface area contributed by atoms with Crippen LogP contribution < -0.4 is 10.5 Å². The molecule has 0 fully saturated rings. The minimum atomic E-state index is 0.442. The normalized spacial score (nSPS) is 10.8. The molecule has 0 amide bonds.